The lowest BCUT2D eigenvalue weighted by Crippen LogP contribution is -2.07. The Hall–Kier alpha value is -1.22. The van der Waals surface area contributed by atoms with Crippen LogP contribution < -0.4 is 4.74 Å². The van der Waals surface area contributed by atoms with Crippen molar-refractivity contribution in [1.82, 2.24) is 0 Å². The predicted molar refractivity (Wildman–Crippen MR) is 54.6 cm³/mol. The lowest BCUT2D eigenvalue weighted by atomic mass is 10.2. The van der Waals surface area contributed by atoms with E-state index in [-0.39, 0.29) is 11.9 Å². The van der Waals surface area contributed by atoms with Gasteiger partial charge in [0.25, 0.3) is 0 Å². The topological polar surface area (TPSA) is 49.7 Å². The summed E-state index contributed by atoms with van der Waals surface area (Å²) in [7, 11) is 0. The fourth-order valence-electron chi connectivity index (χ4n) is 1.16. The number of aromatic hydroxyl groups is 1. The molecule has 0 fully saturated rings. The summed E-state index contributed by atoms with van der Waals surface area (Å²) in [5.41, 5.74) is 0.956. The number of rotatable bonds is 4. The highest BCUT2D eigenvalue weighted by Crippen LogP contribution is 2.21. The van der Waals surface area contributed by atoms with Gasteiger partial charge in [-0.15, -0.1) is 0 Å². The molecule has 0 saturated heterocycles. The molecule has 0 radical (unpaired) electrons. The first-order valence-corrected chi connectivity index (χ1v) is 4.69. The maximum Gasteiger partial charge on any atom is 0.123 e. The van der Waals surface area contributed by atoms with Crippen molar-refractivity contribution in [1.29, 1.82) is 0 Å². The highest BCUT2D eigenvalue weighted by atomic mass is 16.5. The van der Waals surface area contributed by atoms with Crippen molar-refractivity contribution in [3.63, 3.8) is 0 Å². The first kappa shape index (κ1) is 10.9. The van der Waals surface area contributed by atoms with Crippen molar-refractivity contribution >= 4 is 0 Å². The lowest BCUT2D eigenvalue weighted by molar-refractivity contribution is 0.155. The van der Waals surface area contributed by atoms with Gasteiger partial charge in [0.15, 0.2) is 0 Å². The van der Waals surface area contributed by atoms with E-state index in [2.05, 4.69) is 0 Å². The fraction of sp³-hybridized carbons (Fsp3) is 0.455. The minimum Gasteiger partial charge on any atom is -0.508 e. The molecule has 1 unspecified atom stereocenters. The summed E-state index contributed by atoms with van der Waals surface area (Å²) >= 11 is 0. The summed E-state index contributed by atoms with van der Waals surface area (Å²) in [6.45, 7) is 4.07. The molecule has 3 nitrogen and oxygen atoms in total. The number of benzene rings is 1. The number of phenols is 1. The zero-order chi connectivity index (χ0) is 10.6. The number of phenolic OH excluding ortho intramolecular Hbond substituents is 1. The van der Waals surface area contributed by atoms with Gasteiger partial charge in [-0.3, -0.25) is 0 Å². The van der Waals surface area contributed by atoms with Crippen molar-refractivity contribution in [3.05, 3.63) is 23.8 Å². The van der Waals surface area contributed by atoms with Gasteiger partial charge >= 0.3 is 0 Å². The molecule has 0 bridgehead atoms. The third-order valence-corrected chi connectivity index (χ3v) is 1.84. The van der Waals surface area contributed by atoms with Gasteiger partial charge in [0.1, 0.15) is 11.5 Å². The van der Waals surface area contributed by atoms with Gasteiger partial charge in [-0.2, -0.15) is 0 Å². The second-order valence-corrected chi connectivity index (χ2v) is 3.49. The molecule has 0 saturated carbocycles. The fourth-order valence-corrected chi connectivity index (χ4v) is 1.16. The van der Waals surface area contributed by atoms with Crippen LogP contribution in [0.4, 0.5) is 0 Å². The standard InChI is InChI=1S/C11H16O3/c1-8-5-10(13)7-11(6-8)14-4-3-9(2)12/h5-7,9,12-13H,3-4H2,1-2H3. The Morgan fingerprint density at radius 2 is 2.07 bits per heavy atom. The first-order chi connectivity index (χ1) is 6.58. The Morgan fingerprint density at radius 1 is 1.36 bits per heavy atom. The average Bonchev–Trinajstić information content (AvgIpc) is 2.01. The number of hydrogen-bond donors (Lipinski definition) is 2. The summed E-state index contributed by atoms with van der Waals surface area (Å²) in [4.78, 5) is 0. The zero-order valence-electron chi connectivity index (χ0n) is 8.53. The van der Waals surface area contributed by atoms with E-state index in [0.29, 0.717) is 18.8 Å². The third-order valence-electron chi connectivity index (χ3n) is 1.84. The van der Waals surface area contributed by atoms with E-state index < -0.39 is 0 Å². The zero-order valence-corrected chi connectivity index (χ0v) is 8.53. The van der Waals surface area contributed by atoms with Crippen molar-refractivity contribution in [3.8, 4) is 11.5 Å². The van der Waals surface area contributed by atoms with Crippen LogP contribution >= 0.6 is 0 Å². The highest BCUT2D eigenvalue weighted by molar-refractivity contribution is 5.36. The normalized spacial score (nSPS) is 12.5. The molecule has 1 atom stereocenters. The molecule has 1 aromatic rings. The smallest absolute Gasteiger partial charge is 0.123 e. The van der Waals surface area contributed by atoms with Crippen LogP contribution in [-0.4, -0.2) is 22.9 Å². The van der Waals surface area contributed by atoms with E-state index in [9.17, 15) is 5.11 Å². The quantitative estimate of drug-likeness (QED) is 0.772. The molecule has 0 aliphatic carbocycles. The maximum atomic E-state index is 9.27. The summed E-state index contributed by atoms with van der Waals surface area (Å²) in [6, 6.07) is 5.08. The molecule has 0 aromatic heterocycles. The summed E-state index contributed by atoms with van der Waals surface area (Å²) < 4.78 is 5.36. The monoisotopic (exact) mass is 196 g/mol. The third kappa shape index (κ3) is 3.66. The molecule has 1 rings (SSSR count). The largest absolute Gasteiger partial charge is 0.508 e. The van der Waals surface area contributed by atoms with Crippen LogP contribution in [0.2, 0.25) is 0 Å². The Labute approximate surface area is 84.0 Å². The summed E-state index contributed by atoms with van der Waals surface area (Å²) in [5.74, 6) is 0.847. The Bertz CT molecular complexity index is 274. The molecular weight excluding hydrogens is 180 g/mol. The van der Waals surface area contributed by atoms with Gasteiger partial charge < -0.3 is 14.9 Å². The molecule has 0 amide bonds. The average molecular weight is 196 g/mol. The van der Waals surface area contributed by atoms with Crippen molar-refractivity contribution < 1.29 is 14.9 Å². The first-order valence-electron chi connectivity index (χ1n) is 4.69. The van der Waals surface area contributed by atoms with Gasteiger partial charge in [0, 0.05) is 12.5 Å². The number of aryl methyl sites for hydroxylation is 1. The molecular formula is C11H16O3. The van der Waals surface area contributed by atoms with Gasteiger partial charge in [0.05, 0.1) is 12.7 Å². The van der Waals surface area contributed by atoms with Gasteiger partial charge in [0.2, 0.25) is 0 Å². The van der Waals surface area contributed by atoms with Crippen molar-refractivity contribution in [2.75, 3.05) is 6.61 Å². The molecule has 0 heterocycles. The van der Waals surface area contributed by atoms with Gasteiger partial charge in [-0.1, -0.05) is 0 Å². The minimum atomic E-state index is -0.353. The number of aliphatic hydroxyl groups excluding tert-OH is 1. The Morgan fingerprint density at radius 3 is 2.64 bits per heavy atom. The molecule has 14 heavy (non-hydrogen) atoms. The molecule has 0 aliphatic rings. The molecule has 2 N–H and O–H groups in total. The van der Waals surface area contributed by atoms with E-state index in [1.807, 2.05) is 13.0 Å². The Kier molecular flexibility index (Phi) is 3.77. The van der Waals surface area contributed by atoms with E-state index in [4.69, 9.17) is 9.84 Å². The maximum absolute atomic E-state index is 9.27. The van der Waals surface area contributed by atoms with Crippen LogP contribution in [0.3, 0.4) is 0 Å². The van der Waals surface area contributed by atoms with Crippen LogP contribution in [0.25, 0.3) is 0 Å². The Balaban J connectivity index is 2.50. The second-order valence-electron chi connectivity index (χ2n) is 3.49. The van der Waals surface area contributed by atoms with Crippen LogP contribution in [0.1, 0.15) is 18.9 Å². The van der Waals surface area contributed by atoms with Gasteiger partial charge in [-0.05, 0) is 31.5 Å². The highest BCUT2D eigenvalue weighted by Gasteiger charge is 2.00. The molecule has 78 valence electrons. The van der Waals surface area contributed by atoms with Crippen molar-refractivity contribution in [2.45, 2.75) is 26.4 Å². The predicted octanol–water partition coefficient (Wildman–Crippen LogP) is 1.85. The molecule has 0 spiro atoms. The van der Waals surface area contributed by atoms with E-state index >= 15 is 0 Å². The SMILES string of the molecule is Cc1cc(O)cc(OCCC(C)O)c1. The van der Waals surface area contributed by atoms with Crippen LogP contribution in [-0.2, 0) is 0 Å². The van der Waals surface area contributed by atoms with Crippen molar-refractivity contribution in [2.24, 2.45) is 0 Å². The van der Waals surface area contributed by atoms with E-state index in [1.165, 1.54) is 0 Å². The van der Waals surface area contributed by atoms with Crippen LogP contribution in [0, 0.1) is 6.92 Å². The van der Waals surface area contributed by atoms with Crippen LogP contribution in [0.15, 0.2) is 18.2 Å². The minimum absolute atomic E-state index is 0.206. The second kappa shape index (κ2) is 4.86. The number of hydrogen-bond acceptors (Lipinski definition) is 3. The number of ether oxygens (including phenoxy) is 1. The molecule has 1 aromatic carbocycles. The van der Waals surface area contributed by atoms with Gasteiger partial charge in [-0.25, -0.2) is 0 Å². The van der Waals surface area contributed by atoms with E-state index in [1.54, 1.807) is 19.1 Å². The number of aliphatic hydroxyl groups is 1. The molecule has 0 aliphatic heterocycles. The lowest BCUT2D eigenvalue weighted by Gasteiger charge is -2.08. The summed E-state index contributed by atoms with van der Waals surface area (Å²) in [6.07, 6.45) is 0.239. The van der Waals surface area contributed by atoms with E-state index in [0.717, 1.165) is 5.56 Å². The summed E-state index contributed by atoms with van der Waals surface area (Å²) in [5, 5.41) is 18.3. The molecule has 3 heteroatoms. The van der Waals surface area contributed by atoms with Crippen LogP contribution in [0.5, 0.6) is 11.5 Å².